The van der Waals surface area contributed by atoms with Gasteiger partial charge in [-0.25, -0.2) is 9.97 Å². The molecule has 1 aromatic heterocycles. The van der Waals surface area contributed by atoms with Crippen molar-refractivity contribution in [3.05, 3.63) is 23.8 Å². The highest BCUT2D eigenvalue weighted by Crippen LogP contribution is 2.25. The number of aromatic nitrogens is 2. The number of nitrogens with zero attached hydrogens (tertiary/aromatic N) is 3. The van der Waals surface area contributed by atoms with Crippen molar-refractivity contribution in [2.24, 2.45) is 10.9 Å². The van der Waals surface area contributed by atoms with Crippen LogP contribution in [-0.4, -0.2) is 21.0 Å². The summed E-state index contributed by atoms with van der Waals surface area (Å²) < 4.78 is 36.2. The van der Waals surface area contributed by atoms with E-state index >= 15 is 0 Å². The van der Waals surface area contributed by atoms with Gasteiger partial charge >= 0.3 is 6.18 Å². The Morgan fingerprint density at radius 3 is 2.64 bits per heavy atom. The molecule has 0 aromatic carbocycles. The van der Waals surface area contributed by atoms with Crippen molar-refractivity contribution in [2.75, 3.05) is 0 Å². The number of alkyl halides is 3. The van der Waals surface area contributed by atoms with Gasteiger partial charge in [0, 0.05) is 6.20 Å². The first-order chi connectivity index (χ1) is 6.45. The van der Waals surface area contributed by atoms with E-state index in [-0.39, 0.29) is 5.69 Å². The van der Waals surface area contributed by atoms with Crippen molar-refractivity contribution in [1.82, 2.24) is 9.97 Å². The molecule has 8 heteroatoms. The van der Waals surface area contributed by atoms with Crippen molar-refractivity contribution in [3.63, 3.8) is 0 Å². The van der Waals surface area contributed by atoms with Gasteiger partial charge in [-0.05, 0) is 6.07 Å². The SMILES string of the molecule is N/C(=N/O)c1ccnc(C(F)(F)F)n1. The molecular weight excluding hydrogens is 201 g/mol. The molecule has 0 unspecified atom stereocenters. The second-order valence-corrected chi connectivity index (χ2v) is 2.25. The summed E-state index contributed by atoms with van der Waals surface area (Å²) in [6, 6.07) is 1.10. The topological polar surface area (TPSA) is 84.4 Å². The lowest BCUT2D eigenvalue weighted by atomic mass is 10.4. The Labute approximate surface area is 76.1 Å². The number of rotatable bonds is 1. The third-order valence-electron chi connectivity index (χ3n) is 1.28. The fourth-order valence-electron chi connectivity index (χ4n) is 0.689. The fourth-order valence-corrected chi connectivity index (χ4v) is 0.689. The van der Waals surface area contributed by atoms with Gasteiger partial charge in [0.2, 0.25) is 5.82 Å². The van der Waals surface area contributed by atoms with Crippen molar-refractivity contribution >= 4 is 5.84 Å². The third kappa shape index (κ3) is 2.09. The van der Waals surface area contributed by atoms with E-state index in [1.165, 1.54) is 0 Å². The first kappa shape index (κ1) is 10.2. The molecule has 0 fully saturated rings. The zero-order chi connectivity index (χ0) is 10.8. The van der Waals surface area contributed by atoms with E-state index in [2.05, 4.69) is 15.1 Å². The monoisotopic (exact) mass is 206 g/mol. The lowest BCUT2D eigenvalue weighted by molar-refractivity contribution is -0.145. The zero-order valence-electron chi connectivity index (χ0n) is 6.65. The summed E-state index contributed by atoms with van der Waals surface area (Å²) in [7, 11) is 0. The summed E-state index contributed by atoms with van der Waals surface area (Å²) in [6.45, 7) is 0. The Balaban J connectivity index is 3.14. The van der Waals surface area contributed by atoms with Gasteiger partial charge in [0.1, 0.15) is 5.69 Å². The normalized spacial score (nSPS) is 12.9. The summed E-state index contributed by atoms with van der Waals surface area (Å²) >= 11 is 0. The maximum absolute atomic E-state index is 12.1. The lowest BCUT2D eigenvalue weighted by Crippen LogP contribution is -2.19. The van der Waals surface area contributed by atoms with E-state index in [0.29, 0.717) is 0 Å². The fraction of sp³-hybridized carbons (Fsp3) is 0.167. The first-order valence-electron chi connectivity index (χ1n) is 3.33. The van der Waals surface area contributed by atoms with Crippen molar-refractivity contribution < 1.29 is 18.4 Å². The first-order valence-corrected chi connectivity index (χ1v) is 3.33. The van der Waals surface area contributed by atoms with Crippen LogP contribution in [0.5, 0.6) is 0 Å². The summed E-state index contributed by atoms with van der Waals surface area (Å²) in [5.74, 6) is -1.83. The van der Waals surface area contributed by atoms with Crippen LogP contribution >= 0.6 is 0 Å². The summed E-state index contributed by atoms with van der Waals surface area (Å²) in [5, 5.41) is 10.7. The number of oxime groups is 1. The number of nitrogens with two attached hydrogens (primary N) is 1. The van der Waals surface area contributed by atoms with Gasteiger partial charge in [-0.1, -0.05) is 5.16 Å². The number of hydrogen-bond donors (Lipinski definition) is 2. The quantitative estimate of drug-likeness (QED) is 0.305. The molecule has 0 saturated carbocycles. The summed E-state index contributed by atoms with van der Waals surface area (Å²) in [6.07, 6.45) is -3.77. The van der Waals surface area contributed by atoms with E-state index < -0.39 is 17.8 Å². The lowest BCUT2D eigenvalue weighted by Gasteiger charge is -2.04. The summed E-state index contributed by atoms with van der Waals surface area (Å²) in [4.78, 5) is 6.06. The number of halogens is 3. The van der Waals surface area contributed by atoms with E-state index in [9.17, 15) is 13.2 Å². The molecule has 5 nitrogen and oxygen atoms in total. The van der Waals surface area contributed by atoms with Crippen LogP contribution in [0.1, 0.15) is 11.5 Å². The van der Waals surface area contributed by atoms with Gasteiger partial charge in [0.15, 0.2) is 5.84 Å². The van der Waals surface area contributed by atoms with Gasteiger partial charge < -0.3 is 10.9 Å². The van der Waals surface area contributed by atoms with Gasteiger partial charge in [0.25, 0.3) is 0 Å². The molecule has 0 spiro atoms. The average molecular weight is 206 g/mol. The standard InChI is InChI=1S/C6H5F3N4O/c7-6(8,9)5-11-2-1-3(12-5)4(10)13-14/h1-2,14H,(H2,10,13). The molecule has 0 amide bonds. The molecule has 0 aliphatic rings. The average Bonchev–Trinajstić information content (AvgIpc) is 2.15. The summed E-state index contributed by atoms with van der Waals surface area (Å²) in [5.41, 5.74) is 4.77. The molecule has 0 bridgehead atoms. The van der Waals surface area contributed by atoms with Crippen molar-refractivity contribution in [3.8, 4) is 0 Å². The predicted molar refractivity (Wildman–Crippen MR) is 39.5 cm³/mol. The minimum Gasteiger partial charge on any atom is -0.409 e. The minimum atomic E-state index is -4.65. The van der Waals surface area contributed by atoms with E-state index in [1.54, 1.807) is 0 Å². The van der Waals surface area contributed by atoms with Gasteiger partial charge in [-0.15, -0.1) is 0 Å². The van der Waals surface area contributed by atoms with Crippen LogP contribution in [0.15, 0.2) is 17.4 Å². The van der Waals surface area contributed by atoms with E-state index in [1.807, 2.05) is 0 Å². The molecule has 1 rings (SSSR count). The zero-order valence-corrected chi connectivity index (χ0v) is 6.65. The van der Waals surface area contributed by atoms with Crippen LogP contribution in [-0.2, 0) is 6.18 Å². The van der Waals surface area contributed by atoms with Crippen LogP contribution in [0.3, 0.4) is 0 Å². The Morgan fingerprint density at radius 1 is 1.50 bits per heavy atom. The molecule has 0 atom stereocenters. The Morgan fingerprint density at radius 2 is 2.14 bits per heavy atom. The molecule has 3 N–H and O–H groups in total. The third-order valence-corrected chi connectivity index (χ3v) is 1.28. The minimum absolute atomic E-state index is 0.283. The maximum atomic E-state index is 12.1. The predicted octanol–water partition coefficient (Wildman–Crippen LogP) is 0.590. The second kappa shape index (κ2) is 3.48. The molecular formula is C6H5F3N4O. The number of hydrogen-bond acceptors (Lipinski definition) is 4. The molecule has 1 heterocycles. The molecule has 76 valence electrons. The highest BCUT2D eigenvalue weighted by molar-refractivity contribution is 5.95. The van der Waals surface area contributed by atoms with Crippen LogP contribution in [0, 0.1) is 0 Å². The van der Waals surface area contributed by atoms with Crippen LogP contribution < -0.4 is 5.73 Å². The highest BCUT2D eigenvalue weighted by Gasteiger charge is 2.34. The van der Waals surface area contributed by atoms with Crippen LogP contribution in [0.2, 0.25) is 0 Å². The number of amidine groups is 1. The van der Waals surface area contributed by atoms with Gasteiger partial charge in [-0.2, -0.15) is 13.2 Å². The second-order valence-electron chi connectivity index (χ2n) is 2.25. The Hall–Kier alpha value is -1.86. The molecule has 0 aliphatic heterocycles. The molecule has 14 heavy (non-hydrogen) atoms. The van der Waals surface area contributed by atoms with E-state index in [4.69, 9.17) is 10.9 Å². The largest absolute Gasteiger partial charge is 0.451 e. The van der Waals surface area contributed by atoms with E-state index in [0.717, 1.165) is 12.3 Å². The van der Waals surface area contributed by atoms with Crippen molar-refractivity contribution in [1.29, 1.82) is 0 Å². The molecule has 0 radical (unpaired) electrons. The smallest absolute Gasteiger partial charge is 0.409 e. The van der Waals surface area contributed by atoms with Gasteiger partial charge in [-0.3, -0.25) is 0 Å². The van der Waals surface area contributed by atoms with Gasteiger partial charge in [0.05, 0.1) is 0 Å². The van der Waals surface area contributed by atoms with Crippen LogP contribution in [0.25, 0.3) is 0 Å². The molecule has 1 aromatic rings. The Bertz CT molecular complexity index is 362. The molecule has 0 aliphatic carbocycles. The maximum Gasteiger partial charge on any atom is 0.451 e. The highest BCUT2D eigenvalue weighted by atomic mass is 19.4. The van der Waals surface area contributed by atoms with Crippen molar-refractivity contribution in [2.45, 2.75) is 6.18 Å². The van der Waals surface area contributed by atoms with Crippen LogP contribution in [0.4, 0.5) is 13.2 Å². The Kier molecular flexibility index (Phi) is 2.54. The molecule has 0 saturated heterocycles.